The summed E-state index contributed by atoms with van der Waals surface area (Å²) >= 11 is 0. The van der Waals surface area contributed by atoms with Crippen LogP contribution < -0.4 is 11.5 Å². The molecule has 88 valence electrons. The quantitative estimate of drug-likeness (QED) is 0.484. The van der Waals surface area contributed by atoms with Crippen LogP contribution in [0.5, 0.6) is 0 Å². The van der Waals surface area contributed by atoms with Gasteiger partial charge in [0.2, 0.25) is 5.96 Å². The van der Waals surface area contributed by atoms with Crippen LogP contribution in [0.1, 0.15) is 5.56 Å². The molecule has 0 fully saturated rings. The second kappa shape index (κ2) is 5.86. The van der Waals surface area contributed by atoms with Crippen molar-refractivity contribution < 1.29 is 0 Å². The van der Waals surface area contributed by atoms with Crippen LogP contribution in [0.15, 0.2) is 52.7 Å². The van der Waals surface area contributed by atoms with E-state index in [0.717, 1.165) is 16.3 Å². The van der Waals surface area contributed by atoms with Crippen molar-refractivity contribution in [3.63, 3.8) is 0 Å². The van der Waals surface area contributed by atoms with Gasteiger partial charge in [0.15, 0.2) is 0 Å². The van der Waals surface area contributed by atoms with Gasteiger partial charge in [-0.3, -0.25) is 0 Å². The third kappa shape index (κ3) is 3.19. The molecule has 0 heterocycles. The predicted molar refractivity (Wildman–Crippen MR) is 74.6 cm³/mol. The number of hydrogen-bond acceptors (Lipinski definition) is 2. The molecule has 0 aliphatic heterocycles. The van der Waals surface area contributed by atoms with Gasteiger partial charge in [-0.1, -0.05) is 42.5 Å². The molecule has 2 aromatic rings. The lowest BCUT2D eigenvalue weighted by Gasteiger charge is -1.99. The first-order valence-corrected chi connectivity index (χ1v) is 4.87. The Labute approximate surface area is 105 Å². The van der Waals surface area contributed by atoms with Crippen LogP contribution in [0.3, 0.4) is 0 Å². The van der Waals surface area contributed by atoms with E-state index in [2.05, 4.69) is 10.2 Å². The van der Waals surface area contributed by atoms with Gasteiger partial charge >= 0.3 is 0 Å². The first-order chi connectivity index (χ1) is 7.77. The number of fused-ring (bicyclic) bond motifs is 1. The molecular weight excluding hydrogens is 236 g/mol. The summed E-state index contributed by atoms with van der Waals surface area (Å²) in [6, 6.07) is 14.1. The van der Waals surface area contributed by atoms with Crippen molar-refractivity contribution in [1.82, 2.24) is 0 Å². The van der Waals surface area contributed by atoms with E-state index in [-0.39, 0.29) is 18.4 Å². The van der Waals surface area contributed by atoms with Gasteiger partial charge in [-0.25, -0.2) is 0 Å². The molecule has 4 N–H and O–H groups in total. The Bertz CT molecular complexity index is 554. The summed E-state index contributed by atoms with van der Waals surface area (Å²) in [5, 5.41) is 9.66. The lowest BCUT2D eigenvalue weighted by molar-refractivity contribution is 1.22. The minimum atomic E-state index is -0.0449. The zero-order chi connectivity index (χ0) is 11.4. The Morgan fingerprint density at radius 1 is 1.00 bits per heavy atom. The normalized spacial score (nSPS) is 10.1. The second-order valence-electron chi connectivity index (χ2n) is 3.34. The number of nitrogens with two attached hydrogens (primary N) is 2. The Morgan fingerprint density at radius 2 is 1.71 bits per heavy atom. The van der Waals surface area contributed by atoms with Crippen molar-refractivity contribution in [2.45, 2.75) is 0 Å². The lowest BCUT2D eigenvalue weighted by Crippen LogP contribution is -2.21. The van der Waals surface area contributed by atoms with Crippen LogP contribution in [0.25, 0.3) is 10.8 Å². The molecule has 0 aliphatic carbocycles. The molecule has 0 atom stereocenters. The molecule has 0 bridgehead atoms. The topological polar surface area (TPSA) is 76.8 Å². The predicted octanol–water partition coefficient (Wildman–Crippen LogP) is 1.87. The average Bonchev–Trinajstić information content (AvgIpc) is 2.29. The van der Waals surface area contributed by atoms with Crippen LogP contribution >= 0.6 is 12.4 Å². The van der Waals surface area contributed by atoms with Crippen molar-refractivity contribution in [2.24, 2.45) is 21.7 Å². The summed E-state index contributed by atoms with van der Waals surface area (Å²) in [4.78, 5) is 0. The molecule has 0 aromatic heterocycles. The van der Waals surface area contributed by atoms with Crippen LogP contribution in [0.4, 0.5) is 0 Å². The van der Waals surface area contributed by atoms with E-state index in [0.29, 0.717) is 0 Å². The monoisotopic (exact) mass is 248 g/mol. The van der Waals surface area contributed by atoms with Crippen molar-refractivity contribution >= 4 is 35.4 Å². The third-order valence-electron chi connectivity index (χ3n) is 2.19. The van der Waals surface area contributed by atoms with E-state index in [1.807, 2.05) is 42.5 Å². The molecule has 17 heavy (non-hydrogen) atoms. The van der Waals surface area contributed by atoms with Gasteiger partial charge in [0, 0.05) is 5.56 Å². The number of hydrogen-bond donors (Lipinski definition) is 2. The molecule has 2 aromatic carbocycles. The van der Waals surface area contributed by atoms with Crippen molar-refractivity contribution in [3.8, 4) is 0 Å². The maximum atomic E-state index is 5.18. The average molecular weight is 249 g/mol. The molecule has 0 spiro atoms. The second-order valence-corrected chi connectivity index (χ2v) is 3.34. The Hall–Kier alpha value is -2.07. The van der Waals surface area contributed by atoms with E-state index >= 15 is 0 Å². The maximum absolute atomic E-state index is 5.18. The fourth-order valence-electron chi connectivity index (χ4n) is 1.52. The minimum absolute atomic E-state index is 0. The van der Waals surface area contributed by atoms with Gasteiger partial charge in [0.05, 0.1) is 6.21 Å². The van der Waals surface area contributed by atoms with Crippen molar-refractivity contribution in [1.29, 1.82) is 0 Å². The highest BCUT2D eigenvalue weighted by Crippen LogP contribution is 2.16. The van der Waals surface area contributed by atoms with E-state index < -0.39 is 0 Å². The fourth-order valence-corrected chi connectivity index (χ4v) is 1.52. The van der Waals surface area contributed by atoms with Gasteiger partial charge < -0.3 is 11.5 Å². The minimum Gasteiger partial charge on any atom is -0.369 e. The third-order valence-corrected chi connectivity index (χ3v) is 2.19. The highest BCUT2D eigenvalue weighted by atomic mass is 35.5. The largest absolute Gasteiger partial charge is 0.369 e. The molecule has 0 saturated heterocycles. The van der Waals surface area contributed by atoms with E-state index in [9.17, 15) is 0 Å². The Kier molecular flexibility index (Phi) is 4.48. The first-order valence-electron chi connectivity index (χ1n) is 4.87. The summed E-state index contributed by atoms with van der Waals surface area (Å²) in [6.45, 7) is 0. The number of nitrogens with zero attached hydrogens (tertiary/aromatic N) is 2. The molecule has 0 amide bonds. The SMILES string of the molecule is Cl.NC(N)=N/N=C/c1cccc2ccccc12. The molecule has 0 aliphatic rings. The van der Waals surface area contributed by atoms with Crippen LogP contribution in [0.2, 0.25) is 0 Å². The van der Waals surface area contributed by atoms with E-state index in [4.69, 9.17) is 11.5 Å². The van der Waals surface area contributed by atoms with Crippen LogP contribution in [-0.2, 0) is 0 Å². The Balaban J connectivity index is 0.00000144. The summed E-state index contributed by atoms with van der Waals surface area (Å²) in [6.07, 6.45) is 1.64. The summed E-state index contributed by atoms with van der Waals surface area (Å²) in [5.74, 6) is -0.0449. The van der Waals surface area contributed by atoms with Crippen LogP contribution in [-0.4, -0.2) is 12.2 Å². The highest BCUT2D eigenvalue weighted by Gasteiger charge is 1.96. The van der Waals surface area contributed by atoms with Crippen molar-refractivity contribution in [3.05, 3.63) is 48.0 Å². The first kappa shape index (κ1) is 13.0. The summed E-state index contributed by atoms with van der Waals surface area (Å²) < 4.78 is 0. The molecule has 0 saturated carbocycles. The van der Waals surface area contributed by atoms with Gasteiger partial charge in [0.1, 0.15) is 0 Å². The summed E-state index contributed by atoms with van der Waals surface area (Å²) in [7, 11) is 0. The number of guanidine groups is 1. The molecule has 0 unspecified atom stereocenters. The molecule has 5 heteroatoms. The highest BCUT2D eigenvalue weighted by molar-refractivity contribution is 5.99. The van der Waals surface area contributed by atoms with Crippen molar-refractivity contribution in [2.75, 3.05) is 0 Å². The molecule has 4 nitrogen and oxygen atoms in total. The van der Waals surface area contributed by atoms with Gasteiger partial charge in [-0.2, -0.15) is 5.10 Å². The lowest BCUT2D eigenvalue weighted by atomic mass is 10.1. The molecular formula is C12H13ClN4. The number of halogens is 1. The summed E-state index contributed by atoms with van der Waals surface area (Å²) in [5.41, 5.74) is 11.4. The zero-order valence-corrected chi connectivity index (χ0v) is 9.89. The van der Waals surface area contributed by atoms with Gasteiger partial charge in [-0.05, 0) is 10.8 Å². The Morgan fingerprint density at radius 3 is 2.47 bits per heavy atom. The van der Waals surface area contributed by atoms with E-state index in [1.54, 1.807) is 6.21 Å². The van der Waals surface area contributed by atoms with Crippen LogP contribution in [0, 0.1) is 0 Å². The molecule has 2 rings (SSSR count). The standard InChI is InChI=1S/C12H12N4.ClH/c13-12(14)16-15-8-10-6-3-5-9-4-1-2-7-11(9)10;/h1-8H,(H4,13,14,16);1H/b15-8+;. The van der Waals surface area contributed by atoms with Gasteiger partial charge in [-0.15, -0.1) is 17.5 Å². The van der Waals surface area contributed by atoms with E-state index in [1.165, 1.54) is 0 Å². The smallest absolute Gasteiger partial charge is 0.211 e. The maximum Gasteiger partial charge on any atom is 0.211 e. The molecule has 0 radical (unpaired) electrons. The zero-order valence-electron chi connectivity index (χ0n) is 9.08. The fraction of sp³-hybridized carbons (Fsp3) is 0. The van der Waals surface area contributed by atoms with Gasteiger partial charge in [0.25, 0.3) is 0 Å². The number of rotatable bonds is 2. The number of benzene rings is 2.